The second-order valence-electron chi connectivity index (χ2n) is 18.0. The van der Waals surface area contributed by atoms with Gasteiger partial charge in [-0.25, -0.2) is 0 Å². The van der Waals surface area contributed by atoms with E-state index in [4.69, 9.17) is 16.6 Å². The molecule has 0 saturated carbocycles. The van der Waals surface area contributed by atoms with Gasteiger partial charge in [0.15, 0.2) is 0 Å². The van der Waals surface area contributed by atoms with Crippen LogP contribution < -0.4 is 54.0 Å². The van der Waals surface area contributed by atoms with Crippen LogP contribution in [0.15, 0.2) is 24.3 Å². The molecule has 72 heavy (non-hydrogen) atoms. The number of carboxylic acids is 1. The lowest BCUT2D eigenvalue weighted by Crippen LogP contribution is -2.62. The summed E-state index contributed by atoms with van der Waals surface area (Å²) in [7, 11) is 1.94. The highest BCUT2D eigenvalue weighted by atomic mass is 33.1. The van der Waals surface area contributed by atoms with E-state index in [0.29, 0.717) is 18.4 Å². The number of nitrogens with zero attached hydrogens (tertiary/aromatic N) is 1. The number of hydrogen-bond donors (Lipinski definition) is 12. The van der Waals surface area contributed by atoms with E-state index in [2.05, 4.69) is 42.5 Å². The number of nitrogens with two attached hydrogens (primary N) is 2. The standard InChI is InChI=1S/C45H67N11O14S2/c1-6-23(4)37-44(69)50-27(13-14-34(46)59)39(64)52-30(18-35(47)60)40(65)54-32(45(70)56-15-7-8-33(56)43(68)53-28(16-22(2)3)38(63)48-19-36(61)62)21-72-71-20-31(49-24(5)57)42(67)51-29(41(66)55-37)17-25-9-11-26(58)12-10-25/h9-12,22-23,27-33,37,58H,6-8,13-21H2,1-5H3,(H2,46,59)(H2,47,60)(H,48,63)(H,49,57)(H,50,69)(H,51,67)(H,52,64)(H,53,68)(H,54,65)(H,55,66)(H,61,62)/t23-,27-,28-,29-,30-,31-,32-,33-,37-/m0/s1. The zero-order valence-electron chi connectivity index (χ0n) is 40.8. The minimum atomic E-state index is -1.79. The highest BCUT2D eigenvalue weighted by molar-refractivity contribution is 8.76. The van der Waals surface area contributed by atoms with E-state index >= 15 is 0 Å². The first kappa shape index (κ1) is 59.7. The maximum Gasteiger partial charge on any atom is 0.322 e. The van der Waals surface area contributed by atoms with E-state index in [1.807, 2.05) is 0 Å². The van der Waals surface area contributed by atoms with Crippen LogP contribution >= 0.6 is 21.6 Å². The summed E-state index contributed by atoms with van der Waals surface area (Å²) in [5, 5.41) is 39.2. The Kier molecular flexibility index (Phi) is 24.0. The number of benzene rings is 1. The molecule has 0 radical (unpaired) electrons. The fourth-order valence-electron chi connectivity index (χ4n) is 7.67. The first-order chi connectivity index (χ1) is 33.9. The average Bonchev–Trinajstić information content (AvgIpc) is 3.81. The third kappa shape index (κ3) is 19.5. The first-order valence-corrected chi connectivity index (χ1v) is 25.9. The van der Waals surface area contributed by atoms with Gasteiger partial charge in [-0.1, -0.05) is 67.8 Å². The molecule has 2 aliphatic heterocycles. The van der Waals surface area contributed by atoms with Crippen molar-refractivity contribution < 1.29 is 67.7 Å². The molecule has 1 aromatic carbocycles. The van der Waals surface area contributed by atoms with Crippen molar-refractivity contribution in [2.45, 2.75) is 134 Å². The Balaban J connectivity index is 2.12. The highest BCUT2D eigenvalue weighted by Gasteiger charge is 2.41. The number of likely N-dealkylation sites (tertiary alicyclic amines) is 1. The number of nitrogens with one attached hydrogen (secondary N) is 8. The van der Waals surface area contributed by atoms with Crippen molar-refractivity contribution in [2.75, 3.05) is 24.6 Å². The maximum absolute atomic E-state index is 14.6. The van der Waals surface area contributed by atoms with E-state index in [1.54, 1.807) is 27.7 Å². The summed E-state index contributed by atoms with van der Waals surface area (Å²) in [5.74, 6) is -12.3. The van der Waals surface area contributed by atoms with Crippen molar-refractivity contribution in [1.82, 2.24) is 47.4 Å². The van der Waals surface area contributed by atoms with Crippen LogP contribution in [0.2, 0.25) is 0 Å². The molecule has 0 aromatic heterocycles. The zero-order chi connectivity index (χ0) is 53.8. The van der Waals surface area contributed by atoms with E-state index in [9.17, 15) is 62.6 Å². The Labute approximate surface area is 424 Å². The van der Waals surface area contributed by atoms with Gasteiger partial charge in [-0.2, -0.15) is 0 Å². The average molecular weight is 1050 g/mol. The summed E-state index contributed by atoms with van der Waals surface area (Å²) in [6.07, 6.45) is -1.01. The SMILES string of the molecule is CC[C@H](C)[C@@H]1NC(=O)[C@H](Cc2ccc(O)cc2)NC(=O)[C@@H](NC(C)=O)CSSC[C@@H](C(=O)N2CCC[C@H]2C(=O)N[C@@H](CC(C)C)C(=O)NCC(=O)O)NC(=O)[C@H](CC(N)=O)NC(=O)[C@H](CCC(N)=O)NC1=O. The van der Waals surface area contributed by atoms with Gasteiger partial charge in [-0.05, 0) is 55.2 Å². The molecule has 2 fully saturated rings. The third-order valence-electron chi connectivity index (χ3n) is 11.6. The zero-order valence-corrected chi connectivity index (χ0v) is 42.4. The van der Waals surface area contributed by atoms with Gasteiger partial charge in [0.2, 0.25) is 65.0 Å². The Morgan fingerprint density at radius 3 is 2.01 bits per heavy atom. The summed E-state index contributed by atoms with van der Waals surface area (Å²) >= 11 is 0. The second kappa shape index (κ2) is 29.0. The molecular formula is C45H67N11O14S2. The molecule has 11 amide bonds. The lowest BCUT2D eigenvalue weighted by Gasteiger charge is -2.31. The van der Waals surface area contributed by atoms with Gasteiger partial charge in [0.25, 0.3) is 0 Å². The van der Waals surface area contributed by atoms with E-state index in [0.717, 1.165) is 28.5 Å². The number of carboxylic acid groups (broad SMARTS) is 1. The number of hydrogen-bond acceptors (Lipinski definition) is 15. The van der Waals surface area contributed by atoms with Crippen molar-refractivity contribution >= 4 is 92.5 Å². The van der Waals surface area contributed by atoms with Gasteiger partial charge >= 0.3 is 5.97 Å². The first-order valence-electron chi connectivity index (χ1n) is 23.4. The van der Waals surface area contributed by atoms with E-state index in [-0.39, 0.29) is 49.0 Å². The summed E-state index contributed by atoms with van der Waals surface area (Å²) in [6.45, 7) is 7.38. The predicted molar refractivity (Wildman–Crippen MR) is 262 cm³/mol. The molecule has 9 atom stereocenters. The number of aromatic hydroxyl groups is 1. The molecule has 0 unspecified atom stereocenters. The van der Waals surface area contributed by atoms with Crippen molar-refractivity contribution in [1.29, 1.82) is 0 Å². The molecular weight excluding hydrogens is 983 g/mol. The van der Waals surface area contributed by atoms with Crippen LogP contribution in [0.3, 0.4) is 0 Å². The summed E-state index contributed by atoms with van der Waals surface area (Å²) in [5.41, 5.74) is 11.4. The molecule has 2 heterocycles. The van der Waals surface area contributed by atoms with E-state index < -0.39 is 151 Å². The van der Waals surface area contributed by atoms with Gasteiger partial charge in [-0.3, -0.25) is 57.5 Å². The Bertz CT molecular complexity index is 2170. The number of primary amides is 2. The Morgan fingerprint density at radius 1 is 0.806 bits per heavy atom. The second-order valence-corrected chi connectivity index (χ2v) is 20.5. The number of phenolic OH excluding ortho intramolecular Hbond substituents is 1. The molecule has 25 nitrogen and oxygen atoms in total. The minimum Gasteiger partial charge on any atom is -0.508 e. The van der Waals surface area contributed by atoms with Crippen LogP contribution in [0, 0.1) is 11.8 Å². The molecule has 0 spiro atoms. The van der Waals surface area contributed by atoms with Crippen molar-refractivity contribution in [3.8, 4) is 5.75 Å². The van der Waals surface area contributed by atoms with Gasteiger partial charge < -0.3 is 69.1 Å². The molecule has 1 aromatic rings. The van der Waals surface area contributed by atoms with Crippen LogP contribution in [-0.4, -0.2) is 159 Å². The smallest absolute Gasteiger partial charge is 0.322 e. The molecule has 0 aliphatic carbocycles. The van der Waals surface area contributed by atoms with Crippen LogP contribution in [0.4, 0.5) is 0 Å². The molecule has 27 heteroatoms. The monoisotopic (exact) mass is 1050 g/mol. The molecule has 3 rings (SSSR count). The lowest BCUT2D eigenvalue weighted by atomic mass is 9.96. The number of carbonyl (C=O) groups is 12. The molecule has 14 N–H and O–H groups in total. The highest BCUT2D eigenvalue weighted by Crippen LogP contribution is 2.26. The van der Waals surface area contributed by atoms with Crippen molar-refractivity contribution in [3.05, 3.63) is 29.8 Å². The van der Waals surface area contributed by atoms with Crippen molar-refractivity contribution in [2.24, 2.45) is 23.3 Å². The van der Waals surface area contributed by atoms with Gasteiger partial charge in [0.1, 0.15) is 60.6 Å². The maximum atomic E-state index is 14.6. The van der Waals surface area contributed by atoms with E-state index in [1.165, 1.54) is 29.2 Å². The number of phenols is 1. The number of aliphatic carboxylic acids is 1. The molecule has 2 aliphatic rings. The largest absolute Gasteiger partial charge is 0.508 e. The quantitative estimate of drug-likeness (QED) is 0.0660. The topological polar surface area (TPSA) is 397 Å². The number of carbonyl (C=O) groups excluding carboxylic acids is 11. The third-order valence-corrected chi connectivity index (χ3v) is 14.0. The van der Waals surface area contributed by atoms with Crippen LogP contribution in [0.25, 0.3) is 0 Å². The lowest BCUT2D eigenvalue weighted by molar-refractivity contribution is -0.142. The summed E-state index contributed by atoms with van der Waals surface area (Å²) in [4.78, 5) is 161. The molecule has 398 valence electrons. The van der Waals surface area contributed by atoms with Crippen LogP contribution in [0.5, 0.6) is 5.75 Å². The number of rotatable bonds is 18. The predicted octanol–water partition coefficient (Wildman–Crippen LogP) is -2.83. The summed E-state index contributed by atoms with van der Waals surface area (Å²) < 4.78 is 0. The van der Waals surface area contributed by atoms with Gasteiger partial charge in [0, 0.05) is 37.8 Å². The van der Waals surface area contributed by atoms with Gasteiger partial charge in [-0.15, -0.1) is 0 Å². The van der Waals surface area contributed by atoms with Crippen LogP contribution in [0.1, 0.15) is 85.1 Å². The van der Waals surface area contributed by atoms with Gasteiger partial charge in [0.05, 0.1) is 6.42 Å². The van der Waals surface area contributed by atoms with Crippen LogP contribution in [-0.2, 0) is 64.0 Å². The van der Waals surface area contributed by atoms with Crippen molar-refractivity contribution in [3.63, 3.8) is 0 Å². The molecule has 2 saturated heterocycles. The molecule has 0 bridgehead atoms. The number of amides is 11. The fourth-order valence-corrected chi connectivity index (χ4v) is 9.99. The normalized spacial score (nSPS) is 23.7. The summed E-state index contributed by atoms with van der Waals surface area (Å²) in [6, 6.07) is -5.62. The minimum absolute atomic E-state index is 0.00512. The Hall–Kier alpha value is -6.64. The fraction of sp³-hybridized carbons (Fsp3) is 0.600. The Morgan fingerprint density at radius 2 is 1.42 bits per heavy atom.